The minimum absolute atomic E-state index is 0.723. The monoisotopic (exact) mass is 167 g/mol. The van der Waals surface area contributed by atoms with Crippen molar-refractivity contribution < 1.29 is 0 Å². The van der Waals surface area contributed by atoms with Crippen LogP contribution in [0.15, 0.2) is 6.33 Å². The molecule has 0 amide bonds. The summed E-state index contributed by atoms with van der Waals surface area (Å²) in [5.74, 6) is 0.723. The van der Waals surface area contributed by atoms with Gasteiger partial charge in [-0.25, -0.2) is 0 Å². The van der Waals surface area contributed by atoms with Crippen LogP contribution in [-0.2, 0) is 6.54 Å². The number of hydrogen-bond donors (Lipinski definition) is 1. The van der Waals surface area contributed by atoms with Crippen LogP contribution < -0.4 is 5.32 Å². The van der Waals surface area contributed by atoms with Crippen LogP contribution in [0.1, 0.15) is 12.8 Å². The predicted octanol–water partition coefficient (Wildman–Crippen LogP) is -0.327. The molecule has 0 radical (unpaired) electrons. The molecule has 5 nitrogen and oxygen atoms in total. The zero-order valence-electron chi connectivity index (χ0n) is 6.98. The molecule has 0 spiro atoms. The molecule has 2 heterocycles. The smallest absolute Gasteiger partial charge is 0.162 e. The summed E-state index contributed by atoms with van der Waals surface area (Å²) < 4.78 is 0. The lowest BCUT2D eigenvalue weighted by Crippen LogP contribution is -2.30. The third-order valence-electron chi connectivity index (χ3n) is 2.27. The maximum atomic E-state index is 3.98. The highest BCUT2D eigenvalue weighted by Crippen LogP contribution is 2.12. The summed E-state index contributed by atoms with van der Waals surface area (Å²) in [6.45, 7) is 3.17. The van der Waals surface area contributed by atoms with Crippen molar-refractivity contribution in [1.29, 1.82) is 0 Å². The summed E-state index contributed by atoms with van der Waals surface area (Å²) in [6, 6.07) is 0. The van der Waals surface area contributed by atoms with E-state index in [9.17, 15) is 0 Å². The van der Waals surface area contributed by atoms with Gasteiger partial charge in [0.2, 0.25) is 0 Å². The van der Waals surface area contributed by atoms with E-state index in [1.54, 1.807) is 4.80 Å². The average molecular weight is 167 g/mol. The van der Waals surface area contributed by atoms with Gasteiger partial charge in [0, 0.05) is 0 Å². The first-order valence-electron chi connectivity index (χ1n) is 4.36. The van der Waals surface area contributed by atoms with Gasteiger partial charge in [-0.3, -0.25) is 0 Å². The summed E-state index contributed by atoms with van der Waals surface area (Å²) in [6.07, 6.45) is 3.93. The summed E-state index contributed by atoms with van der Waals surface area (Å²) in [7, 11) is 0. The minimum Gasteiger partial charge on any atom is -0.317 e. The molecule has 1 aromatic heterocycles. The second-order valence-electron chi connectivity index (χ2n) is 3.18. The number of hydrogen-bond acceptors (Lipinski definition) is 4. The lowest BCUT2D eigenvalue weighted by Gasteiger charge is -2.21. The normalized spacial score (nSPS) is 19.7. The number of rotatable bonds is 2. The van der Waals surface area contributed by atoms with E-state index in [2.05, 4.69) is 20.7 Å². The van der Waals surface area contributed by atoms with Gasteiger partial charge in [0.15, 0.2) is 6.33 Å². The van der Waals surface area contributed by atoms with Gasteiger partial charge in [0.25, 0.3) is 0 Å². The molecule has 12 heavy (non-hydrogen) atoms. The molecule has 0 unspecified atom stereocenters. The summed E-state index contributed by atoms with van der Waals surface area (Å²) in [5.41, 5.74) is 0. The van der Waals surface area contributed by atoms with Crippen molar-refractivity contribution in [2.75, 3.05) is 13.1 Å². The Labute approximate surface area is 71.1 Å². The van der Waals surface area contributed by atoms with E-state index >= 15 is 0 Å². The van der Waals surface area contributed by atoms with Gasteiger partial charge in [0.05, 0.1) is 6.54 Å². The van der Waals surface area contributed by atoms with Crippen molar-refractivity contribution >= 4 is 0 Å². The van der Waals surface area contributed by atoms with Crippen molar-refractivity contribution in [1.82, 2.24) is 25.5 Å². The van der Waals surface area contributed by atoms with Crippen LogP contribution in [-0.4, -0.2) is 33.3 Å². The zero-order valence-corrected chi connectivity index (χ0v) is 6.98. The molecule has 1 aromatic rings. The van der Waals surface area contributed by atoms with Gasteiger partial charge >= 0.3 is 0 Å². The van der Waals surface area contributed by atoms with Crippen LogP contribution in [0.25, 0.3) is 0 Å². The Kier molecular flexibility index (Phi) is 2.31. The molecule has 66 valence electrons. The SMILES string of the molecule is c1nnn(CC2CCNCC2)n1. The molecule has 0 aliphatic carbocycles. The molecule has 0 atom stereocenters. The fourth-order valence-electron chi connectivity index (χ4n) is 1.57. The number of aromatic nitrogens is 4. The van der Waals surface area contributed by atoms with Gasteiger partial charge in [-0.1, -0.05) is 0 Å². The number of nitrogens with zero attached hydrogens (tertiary/aromatic N) is 4. The fraction of sp³-hybridized carbons (Fsp3) is 0.857. The molecule has 1 fully saturated rings. The first-order valence-corrected chi connectivity index (χ1v) is 4.36. The van der Waals surface area contributed by atoms with Crippen LogP contribution in [0, 0.1) is 5.92 Å². The van der Waals surface area contributed by atoms with Crippen molar-refractivity contribution in [3.05, 3.63) is 6.33 Å². The number of tetrazole rings is 1. The quantitative estimate of drug-likeness (QED) is 0.655. The van der Waals surface area contributed by atoms with E-state index in [0.29, 0.717) is 0 Å². The largest absolute Gasteiger partial charge is 0.317 e. The van der Waals surface area contributed by atoms with Gasteiger partial charge in [-0.15, -0.1) is 10.2 Å². The number of nitrogens with one attached hydrogen (secondary N) is 1. The van der Waals surface area contributed by atoms with E-state index < -0.39 is 0 Å². The van der Waals surface area contributed by atoms with Crippen LogP contribution in [0.3, 0.4) is 0 Å². The zero-order chi connectivity index (χ0) is 8.23. The number of piperidine rings is 1. The highest BCUT2D eigenvalue weighted by molar-refractivity contribution is 4.67. The van der Waals surface area contributed by atoms with Gasteiger partial charge < -0.3 is 5.32 Å². The van der Waals surface area contributed by atoms with E-state index in [0.717, 1.165) is 25.6 Å². The summed E-state index contributed by atoms with van der Waals surface area (Å²) in [5, 5.41) is 14.8. The van der Waals surface area contributed by atoms with Crippen LogP contribution in [0.2, 0.25) is 0 Å². The lowest BCUT2D eigenvalue weighted by atomic mass is 9.99. The summed E-state index contributed by atoms with van der Waals surface area (Å²) in [4.78, 5) is 1.68. The minimum atomic E-state index is 0.723. The highest BCUT2D eigenvalue weighted by atomic mass is 15.6. The molecule has 1 saturated heterocycles. The Bertz CT molecular complexity index is 214. The van der Waals surface area contributed by atoms with Crippen molar-refractivity contribution in [3.63, 3.8) is 0 Å². The second kappa shape index (κ2) is 3.62. The van der Waals surface area contributed by atoms with E-state index in [1.165, 1.54) is 19.2 Å². The molecule has 1 N–H and O–H groups in total. The van der Waals surface area contributed by atoms with Crippen molar-refractivity contribution in [3.8, 4) is 0 Å². The van der Waals surface area contributed by atoms with Crippen molar-refractivity contribution in [2.24, 2.45) is 5.92 Å². The molecule has 0 bridgehead atoms. The topological polar surface area (TPSA) is 55.6 Å². The first-order chi connectivity index (χ1) is 5.95. The molecule has 5 heteroatoms. The highest BCUT2D eigenvalue weighted by Gasteiger charge is 2.13. The average Bonchev–Trinajstić information content (AvgIpc) is 2.59. The Hall–Kier alpha value is -0.970. The fourth-order valence-corrected chi connectivity index (χ4v) is 1.57. The third kappa shape index (κ3) is 1.79. The van der Waals surface area contributed by atoms with Gasteiger partial charge in [-0.05, 0) is 37.1 Å². The van der Waals surface area contributed by atoms with E-state index in [4.69, 9.17) is 0 Å². The van der Waals surface area contributed by atoms with E-state index in [1.807, 2.05) is 0 Å². The molecular weight excluding hydrogens is 154 g/mol. The van der Waals surface area contributed by atoms with Crippen LogP contribution >= 0.6 is 0 Å². The Morgan fingerprint density at radius 1 is 1.42 bits per heavy atom. The third-order valence-corrected chi connectivity index (χ3v) is 2.27. The van der Waals surface area contributed by atoms with Gasteiger partial charge in [0.1, 0.15) is 0 Å². The Morgan fingerprint density at radius 3 is 2.92 bits per heavy atom. The second-order valence-corrected chi connectivity index (χ2v) is 3.18. The molecule has 1 aliphatic heterocycles. The maximum Gasteiger partial charge on any atom is 0.162 e. The Balaban J connectivity index is 1.86. The Morgan fingerprint density at radius 2 is 2.25 bits per heavy atom. The molecular formula is C7H13N5. The maximum absolute atomic E-state index is 3.98. The lowest BCUT2D eigenvalue weighted by molar-refractivity contribution is 0.303. The van der Waals surface area contributed by atoms with Crippen molar-refractivity contribution in [2.45, 2.75) is 19.4 Å². The molecule has 1 aliphatic rings. The first kappa shape index (κ1) is 7.67. The van der Waals surface area contributed by atoms with Gasteiger partial charge in [-0.2, -0.15) is 4.80 Å². The van der Waals surface area contributed by atoms with Crippen LogP contribution in [0.4, 0.5) is 0 Å². The summed E-state index contributed by atoms with van der Waals surface area (Å²) >= 11 is 0. The predicted molar refractivity (Wildman–Crippen MR) is 43.4 cm³/mol. The molecule has 0 saturated carbocycles. The van der Waals surface area contributed by atoms with Crippen LogP contribution in [0.5, 0.6) is 0 Å². The standard InChI is InChI=1S/C7H13N5/c1-3-8-4-2-7(1)5-12-10-6-9-11-12/h6-8H,1-5H2. The molecule has 2 rings (SSSR count). The van der Waals surface area contributed by atoms with E-state index in [-0.39, 0.29) is 0 Å². The molecule has 0 aromatic carbocycles.